The molecule has 116 valence electrons. The summed E-state index contributed by atoms with van der Waals surface area (Å²) in [5, 5.41) is -0.610. The van der Waals surface area contributed by atoms with Gasteiger partial charge in [-0.1, -0.05) is 6.42 Å². The maximum Gasteiger partial charge on any atom is 0.310 e. The average Bonchev–Trinajstić information content (AvgIpc) is 2.87. The molecule has 20 heavy (non-hydrogen) atoms. The number of nitrogens with zero attached hydrogens (tertiary/aromatic N) is 2. The van der Waals surface area contributed by atoms with Gasteiger partial charge >= 0.3 is 5.97 Å². The van der Waals surface area contributed by atoms with E-state index >= 15 is 0 Å². The zero-order valence-corrected chi connectivity index (χ0v) is 13.2. The number of carbonyl (C=O) groups excluding carboxylic acids is 1. The second kappa shape index (κ2) is 5.99. The molecule has 2 rings (SSSR count). The first kappa shape index (κ1) is 15.7. The van der Waals surface area contributed by atoms with Crippen LogP contribution in [0.4, 0.5) is 0 Å². The van der Waals surface area contributed by atoms with Gasteiger partial charge in [0.15, 0.2) is 0 Å². The van der Waals surface area contributed by atoms with E-state index < -0.39 is 27.2 Å². The molecular weight excluding hydrogens is 280 g/mol. The molecule has 1 saturated heterocycles. The molecule has 0 aromatic rings. The maximum atomic E-state index is 12.8. The van der Waals surface area contributed by atoms with Crippen molar-refractivity contribution in [2.24, 2.45) is 5.92 Å². The van der Waals surface area contributed by atoms with Crippen LogP contribution in [-0.4, -0.2) is 68.7 Å². The van der Waals surface area contributed by atoms with Crippen LogP contribution in [0.2, 0.25) is 0 Å². The Bertz CT molecular complexity index is 465. The number of likely N-dealkylation sites (N-methyl/N-ethyl adjacent to an activating group) is 1. The number of hydrogen-bond donors (Lipinski definition) is 0. The van der Waals surface area contributed by atoms with E-state index in [-0.39, 0.29) is 6.04 Å². The number of sulfonamides is 1. The smallest absolute Gasteiger partial charge is 0.310 e. The van der Waals surface area contributed by atoms with Crippen molar-refractivity contribution in [3.05, 3.63) is 0 Å². The van der Waals surface area contributed by atoms with Crippen molar-refractivity contribution in [2.75, 3.05) is 33.8 Å². The summed E-state index contributed by atoms with van der Waals surface area (Å²) < 4.78 is 32.0. The molecule has 0 radical (unpaired) electrons. The first-order chi connectivity index (χ1) is 9.37. The number of rotatable bonds is 3. The summed E-state index contributed by atoms with van der Waals surface area (Å²) >= 11 is 0. The fourth-order valence-electron chi connectivity index (χ4n) is 3.38. The Labute approximate surface area is 121 Å². The molecule has 0 aromatic carbocycles. The largest absolute Gasteiger partial charge is 0.469 e. The lowest BCUT2D eigenvalue weighted by Crippen LogP contribution is -2.55. The summed E-state index contributed by atoms with van der Waals surface area (Å²) in [6, 6.07) is -0.0438. The van der Waals surface area contributed by atoms with Crippen LogP contribution in [-0.2, 0) is 19.6 Å². The van der Waals surface area contributed by atoms with Crippen molar-refractivity contribution < 1.29 is 17.9 Å². The Morgan fingerprint density at radius 3 is 2.55 bits per heavy atom. The topological polar surface area (TPSA) is 66.9 Å². The lowest BCUT2D eigenvalue weighted by atomic mass is 10.1. The van der Waals surface area contributed by atoms with Gasteiger partial charge in [0.2, 0.25) is 10.0 Å². The average molecular weight is 304 g/mol. The number of methoxy groups -OCH3 is 1. The predicted octanol–water partition coefficient (Wildman–Crippen LogP) is 0.294. The summed E-state index contributed by atoms with van der Waals surface area (Å²) in [6.07, 6.45) is 1.94. The van der Waals surface area contributed by atoms with Gasteiger partial charge in [0.1, 0.15) is 0 Å². The zero-order chi connectivity index (χ0) is 14.9. The van der Waals surface area contributed by atoms with E-state index in [0.717, 1.165) is 19.5 Å². The first-order valence-corrected chi connectivity index (χ1v) is 8.65. The zero-order valence-electron chi connectivity index (χ0n) is 12.4. The van der Waals surface area contributed by atoms with Gasteiger partial charge < -0.3 is 9.64 Å². The molecule has 1 aliphatic carbocycles. The quantitative estimate of drug-likeness (QED) is 0.701. The Morgan fingerprint density at radius 1 is 1.25 bits per heavy atom. The lowest BCUT2D eigenvalue weighted by Gasteiger charge is -2.39. The Morgan fingerprint density at radius 2 is 1.95 bits per heavy atom. The molecule has 0 amide bonds. The lowest BCUT2D eigenvalue weighted by molar-refractivity contribution is -0.145. The van der Waals surface area contributed by atoms with Crippen LogP contribution in [0.3, 0.4) is 0 Å². The molecular formula is C13H24N2O4S. The van der Waals surface area contributed by atoms with E-state index in [1.165, 1.54) is 7.11 Å². The standard InChI is InChI=1S/C13H24N2O4S/c1-10-9-14(2)7-8-15(10)20(17,18)12-6-4-5-11(12)13(16)19-3/h10-12H,4-9H2,1-3H3. The second-order valence-corrected chi connectivity index (χ2v) is 7.97. The second-order valence-electron chi connectivity index (χ2n) is 5.87. The molecule has 1 heterocycles. The minimum absolute atomic E-state index is 0.0438. The molecule has 0 bridgehead atoms. The number of ether oxygens (including phenoxy) is 1. The Kier molecular flexibility index (Phi) is 4.71. The SMILES string of the molecule is COC(=O)C1CCCC1S(=O)(=O)N1CCN(C)CC1C. The van der Waals surface area contributed by atoms with Crippen LogP contribution < -0.4 is 0 Å². The first-order valence-electron chi connectivity index (χ1n) is 7.15. The van der Waals surface area contributed by atoms with Gasteiger partial charge in [-0.3, -0.25) is 4.79 Å². The molecule has 1 aliphatic heterocycles. The molecule has 1 saturated carbocycles. The van der Waals surface area contributed by atoms with E-state index in [2.05, 4.69) is 4.90 Å². The summed E-state index contributed by atoms with van der Waals surface area (Å²) in [5.41, 5.74) is 0. The predicted molar refractivity (Wildman–Crippen MR) is 75.7 cm³/mol. The van der Waals surface area contributed by atoms with E-state index in [9.17, 15) is 13.2 Å². The minimum Gasteiger partial charge on any atom is -0.469 e. The van der Waals surface area contributed by atoms with E-state index in [4.69, 9.17) is 4.74 Å². The van der Waals surface area contributed by atoms with Crippen molar-refractivity contribution in [3.63, 3.8) is 0 Å². The fourth-order valence-corrected chi connectivity index (χ4v) is 5.76. The molecule has 0 aromatic heterocycles. The normalized spacial score (nSPS) is 33.2. The minimum atomic E-state index is -3.43. The van der Waals surface area contributed by atoms with Gasteiger partial charge in [0.05, 0.1) is 18.3 Å². The van der Waals surface area contributed by atoms with Gasteiger partial charge in [-0.25, -0.2) is 8.42 Å². The molecule has 7 heteroatoms. The highest BCUT2D eigenvalue weighted by Gasteiger charge is 2.46. The summed E-state index contributed by atoms with van der Waals surface area (Å²) in [6.45, 7) is 3.90. The highest BCUT2D eigenvalue weighted by Crippen LogP contribution is 2.34. The molecule has 2 fully saturated rings. The Hall–Kier alpha value is -0.660. The summed E-state index contributed by atoms with van der Waals surface area (Å²) in [5.74, 6) is -0.894. The number of esters is 1. The maximum absolute atomic E-state index is 12.8. The third-order valence-corrected chi connectivity index (χ3v) is 6.96. The van der Waals surface area contributed by atoms with Gasteiger partial charge in [-0.05, 0) is 26.8 Å². The van der Waals surface area contributed by atoms with Gasteiger partial charge in [-0.2, -0.15) is 4.31 Å². The van der Waals surface area contributed by atoms with Crippen LogP contribution >= 0.6 is 0 Å². The monoisotopic (exact) mass is 304 g/mol. The van der Waals surface area contributed by atoms with Crippen molar-refractivity contribution >= 4 is 16.0 Å². The van der Waals surface area contributed by atoms with Crippen LogP contribution in [0.5, 0.6) is 0 Å². The number of hydrogen-bond acceptors (Lipinski definition) is 5. The van der Waals surface area contributed by atoms with Crippen molar-refractivity contribution in [2.45, 2.75) is 37.5 Å². The van der Waals surface area contributed by atoms with Crippen LogP contribution in [0.1, 0.15) is 26.2 Å². The molecule has 3 atom stereocenters. The van der Waals surface area contributed by atoms with Crippen molar-refractivity contribution in [1.29, 1.82) is 0 Å². The summed E-state index contributed by atoms with van der Waals surface area (Å²) in [4.78, 5) is 13.9. The fraction of sp³-hybridized carbons (Fsp3) is 0.923. The van der Waals surface area contributed by atoms with Gasteiger partial charge in [0.25, 0.3) is 0 Å². The van der Waals surface area contributed by atoms with E-state index in [0.29, 0.717) is 19.4 Å². The molecule has 6 nitrogen and oxygen atoms in total. The highest BCUT2D eigenvalue weighted by atomic mass is 32.2. The third-order valence-electron chi connectivity index (χ3n) is 4.44. The van der Waals surface area contributed by atoms with Gasteiger partial charge in [-0.15, -0.1) is 0 Å². The van der Waals surface area contributed by atoms with Gasteiger partial charge in [0, 0.05) is 25.7 Å². The van der Waals surface area contributed by atoms with Crippen LogP contribution in [0.15, 0.2) is 0 Å². The number of carbonyl (C=O) groups is 1. The molecule has 0 N–H and O–H groups in total. The van der Waals surface area contributed by atoms with Crippen LogP contribution in [0.25, 0.3) is 0 Å². The van der Waals surface area contributed by atoms with Crippen LogP contribution in [0, 0.1) is 5.92 Å². The molecule has 0 spiro atoms. The summed E-state index contributed by atoms with van der Waals surface area (Å²) in [7, 11) is -0.117. The molecule has 2 aliphatic rings. The number of piperazine rings is 1. The Balaban J connectivity index is 2.19. The highest BCUT2D eigenvalue weighted by molar-refractivity contribution is 7.89. The molecule has 3 unspecified atom stereocenters. The van der Waals surface area contributed by atoms with Crippen molar-refractivity contribution in [3.8, 4) is 0 Å². The van der Waals surface area contributed by atoms with E-state index in [1.54, 1.807) is 4.31 Å². The third kappa shape index (κ3) is 2.84. The van der Waals surface area contributed by atoms with E-state index in [1.807, 2.05) is 14.0 Å². The van der Waals surface area contributed by atoms with Crippen molar-refractivity contribution in [1.82, 2.24) is 9.21 Å².